The number of nitrogens with zero attached hydrogens (tertiary/aromatic N) is 1. The molecular formula is C33H38ClN3O4. The lowest BCUT2D eigenvalue weighted by Crippen LogP contribution is -2.56. The van der Waals surface area contributed by atoms with Crippen LogP contribution in [0.2, 0.25) is 5.02 Å². The van der Waals surface area contributed by atoms with Gasteiger partial charge in [0.25, 0.3) is 0 Å². The van der Waals surface area contributed by atoms with E-state index in [9.17, 15) is 14.4 Å². The number of halogens is 1. The summed E-state index contributed by atoms with van der Waals surface area (Å²) >= 11 is 6.43. The number of hydrogen-bond donors (Lipinski definition) is 2. The van der Waals surface area contributed by atoms with Crippen LogP contribution >= 0.6 is 11.6 Å². The Morgan fingerprint density at radius 2 is 1.78 bits per heavy atom. The molecular weight excluding hydrogens is 538 g/mol. The maximum atomic E-state index is 14.2. The lowest BCUT2D eigenvalue weighted by atomic mass is 9.74. The summed E-state index contributed by atoms with van der Waals surface area (Å²) in [6.07, 6.45) is 8.85. The Balaban J connectivity index is 1.28. The number of likely N-dealkylation sites (tertiary alicyclic amines) is 1. The Morgan fingerprint density at radius 1 is 1.05 bits per heavy atom. The van der Waals surface area contributed by atoms with Crippen LogP contribution in [0.5, 0.6) is 0 Å². The number of carbonyl (C=O) groups excluding carboxylic acids is 3. The molecule has 5 atom stereocenters. The standard InChI is InChI=1S/C33H38ClN3O4/c1-20(2)21-12-14-24(15-13-21)35-30(38)27-26-16-18-33(41-26)28(27)32(40)37(19-17-22-8-6-7-11-25(22)34)29(33)31(39)36-23-9-4-3-5-10-23/h6-8,11-16,18,20,23,26-29H,3-5,9-10,17,19H2,1-2H3,(H,35,38)(H,36,39). The summed E-state index contributed by atoms with van der Waals surface area (Å²) in [4.78, 5) is 43.5. The van der Waals surface area contributed by atoms with Crippen molar-refractivity contribution in [2.75, 3.05) is 11.9 Å². The van der Waals surface area contributed by atoms with Gasteiger partial charge in [0.15, 0.2) is 0 Å². The van der Waals surface area contributed by atoms with Crippen molar-refractivity contribution in [3.63, 3.8) is 0 Å². The molecule has 7 nitrogen and oxygen atoms in total. The molecule has 2 aromatic rings. The van der Waals surface area contributed by atoms with E-state index in [1.807, 2.05) is 60.7 Å². The highest BCUT2D eigenvalue weighted by Gasteiger charge is 2.72. The second kappa shape index (κ2) is 11.3. The smallest absolute Gasteiger partial charge is 0.246 e. The normalized spacial score (nSPS) is 28.8. The second-order valence-electron chi connectivity index (χ2n) is 12.2. The Labute approximate surface area is 246 Å². The highest BCUT2D eigenvalue weighted by atomic mass is 35.5. The van der Waals surface area contributed by atoms with Gasteiger partial charge < -0.3 is 20.3 Å². The topological polar surface area (TPSA) is 87.7 Å². The first-order valence-electron chi connectivity index (χ1n) is 14.9. The lowest BCUT2D eigenvalue weighted by molar-refractivity contribution is -0.141. The van der Waals surface area contributed by atoms with E-state index in [0.717, 1.165) is 31.2 Å². The second-order valence-corrected chi connectivity index (χ2v) is 12.6. The summed E-state index contributed by atoms with van der Waals surface area (Å²) in [5.74, 6) is -1.82. The van der Waals surface area contributed by atoms with Crippen molar-refractivity contribution in [1.82, 2.24) is 10.2 Å². The molecule has 8 heteroatoms. The van der Waals surface area contributed by atoms with E-state index in [-0.39, 0.29) is 23.8 Å². The van der Waals surface area contributed by atoms with E-state index >= 15 is 0 Å². The molecule has 2 aromatic carbocycles. The van der Waals surface area contributed by atoms with Crippen LogP contribution in [0.4, 0.5) is 5.69 Å². The fourth-order valence-corrected chi connectivity index (χ4v) is 7.38. The van der Waals surface area contributed by atoms with Crippen molar-refractivity contribution in [2.45, 2.75) is 82.1 Å². The van der Waals surface area contributed by atoms with Crippen LogP contribution in [0.25, 0.3) is 0 Å². The summed E-state index contributed by atoms with van der Waals surface area (Å²) in [5, 5.41) is 6.87. The minimum absolute atomic E-state index is 0.0858. The largest absolute Gasteiger partial charge is 0.359 e. The monoisotopic (exact) mass is 575 g/mol. The van der Waals surface area contributed by atoms with Gasteiger partial charge in [-0.3, -0.25) is 14.4 Å². The van der Waals surface area contributed by atoms with Crippen molar-refractivity contribution in [3.8, 4) is 0 Å². The molecule has 2 N–H and O–H groups in total. The zero-order chi connectivity index (χ0) is 28.7. The van der Waals surface area contributed by atoms with E-state index < -0.39 is 29.6 Å². The van der Waals surface area contributed by atoms with Crippen molar-refractivity contribution in [3.05, 3.63) is 76.8 Å². The van der Waals surface area contributed by atoms with E-state index in [0.29, 0.717) is 29.6 Å². The number of fused-ring (bicyclic) bond motifs is 1. The molecule has 2 bridgehead atoms. The summed E-state index contributed by atoms with van der Waals surface area (Å²) < 4.78 is 6.48. The first-order valence-corrected chi connectivity index (χ1v) is 15.3. The molecule has 3 heterocycles. The van der Waals surface area contributed by atoms with Gasteiger partial charge in [0.05, 0.1) is 17.9 Å². The molecule has 2 saturated heterocycles. The van der Waals surface area contributed by atoms with Crippen LogP contribution in [-0.4, -0.2) is 53.0 Å². The maximum Gasteiger partial charge on any atom is 0.246 e. The fraction of sp³-hybridized carbons (Fsp3) is 0.485. The molecule has 41 heavy (non-hydrogen) atoms. The van der Waals surface area contributed by atoms with Crippen LogP contribution in [0, 0.1) is 11.8 Å². The molecule has 3 amide bonds. The van der Waals surface area contributed by atoms with Crippen molar-refractivity contribution >= 4 is 35.0 Å². The minimum atomic E-state index is -1.18. The quantitative estimate of drug-likeness (QED) is 0.421. The van der Waals surface area contributed by atoms with Gasteiger partial charge in [-0.15, -0.1) is 0 Å². The van der Waals surface area contributed by atoms with Crippen LogP contribution in [-0.2, 0) is 25.5 Å². The molecule has 3 aliphatic heterocycles. The molecule has 1 saturated carbocycles. The van der Waals surface area contributed by atoms with E-state index in [2.05, 4.69) is 24.5 Å². The fourth-order valence-electron chi connectivity index (χ4n) is 7.15. The molecule has 6 rings (SSSR count). The van der Waals surface area contributed by atoms with Gasteiger partial charge >= 0.3 is 0 Å². The summed E-state index contributed by atoms with van der Waals surface area (Å²) in [6.45, 7) is 4.54. The number of rotatable bonds is 8. The summed E-state index contributed by atoms with van der Waals surface area (Å²) in [7, 11) is 0. The predicted molar refractivity (Wildman–Crippen MR) is 159 cm³/mol. The first kappa shape index (κ1) is 28.0. The predicted octanol–water partition coefficient (Wildman–Crippen LogP) is 5.24. The molecule has 0 radical (unpaired) electrons. The van der Waals surface area contributed by atoms with Gasteiger partial charge in [0.2, 0.25) is 17.7 Å². The molecule has 3 fully saturated rings. The lowest BCUT2D eigenvalue weighted by Gasteiger charge is -2.34. The number of anilines is 1. The third kappa shape index (κ3) is 5.08. The number of ether oxygens (including phenoxy) is 1. The molecule has 5 unspecified atom stereocenters. The molecule has 1 aliphatic carbocycles. The number of hydrogen-bond acceptors (Lipinski definition) is 4. The van der Waals surface area contributed by atoms with Gasteiger partial charge in [-0.2, -0.15) is 0 Å². The Bertz CT molecular complexity index is 1350. The molecule has 216 valence electrons. The number of nitrogens with one attached hydrogen (secondary N) is 2. The van der Waals surface area contributed by atoms with Crippen LogP contribution in [0.1, 0.15) is 63.0 Å². The van der Waals surface area contributed by atoms with Crippen LogP contribution in [0.15, 0.2) is 60.7 Å². The third-order valence-corrected chi connectivity index (χ3v) is 9.67. The Morgan fingerprint density at radius 3 is 2.49 bits per heavy atom. The summed E-state index contributed by atoms with van der Waals surface area (Å²) in [6, 6.07) is 14.6. The number of benzene rings is 2. The SMILES string of the molecule is CC(C)c1ccc(NC(=O)C2C3C=CC4(O3)C2C(=O)N(CCc2ccccc2Cl)C4C(=O)NC2CCCCC2)cc1. The van der Waals surface area contributed by atoms with Crippen LogP contribution < -0.4 is 10.6 Å². The molecule has 4 aliphatic rings. The van der Waals surface area contributed by atoms with Crippen molar-refractivity contribution in [1.29, 1.82) is 0 Å². The van der Waals surface area contributed by atoms with Crippen molar-refractivity contribution in [2.24, 2.45) is 11.8 Å². The minimum Gasteiger partial charge on any atom is -0.359 e. The average Bonchev–Trinajstić information content (AvgIpc) is 3.60. The first-order chi connectivity index (χ1) is 19.8. The van der Waals surface area contributed by atoms with Crippen LogP contribution in [0.3, 0.4) is 0 Å². The zero-order valence-corrected chi connectivity index (χ0v) is 24.4. The summed E-state index contributed by atoms with van der Waals surface area (Å²) in [5.41, 5.74) is 1.58. The Hall–Kier alpha value is -3.16. The Kier molecular flexibility index (Phi) is 7.68. The van der Waals surface area contributed by atoms with Gasteiger partial charge in [0.1, 0.15) is 11.6 Å². The molecule has 1 spiro atoms. The van der Waals surface area contributed by atoms with Gasteiger partial charge in [0, 0.05) is 23.3 Å². The maximum absolute atomic E-state index is 14.2. The van der Waals surface area contributed by atoms with Crippen molar-refractivity contribution < 1.29 is 19.1 Å². The highest BCUT2D eigenvalue weighted by Crippen LogP contribution is 2.55. The van der Waals surface area contributed by atoms with E-state index in [4.69, 9.17) is 16.3 Å². The number of amides is 3. The van der Waals surface area contributed by atoms with E-state index in [1.165, 1.54) is 12.0 Å². The highest BCUT2D eigenvalue weighted by molar-refractivity contribution is 6.31. The third-order valence-electron chi connectivity index (χ3n) is 9.30. The zero-order valence-electron chi connectivity index (χ0n) is 23.6. The van der Waals surface area contributed by atoms with Gasteiger partial charge in [-0.05, 0) is 54.5 Å². The van der Waals surface area contributed by atoms with Gasteiger partial charge in [-0.1, -0.05) is 87.2 Å². The van der Waals surface area contributed by atoms with Gasteiger partial charge in [-0.25, -0.2) is 0 Å². The molecule has 0 aromatic heterocycles. The average molecular weight is 576 g/mol. The van der Waals surface area contributed by atoms with E-state index in [1.54, 1.807) is 4.90 Å². The number of carbonyl (C=O) groups is 3.